The summed E-state index contributed by atoms with van der Waals surface area (Å²) in [5, 5.41) is 0. The second kappa shape index (κ2) is 6.30. The van der Waals surface area contributed by atoms with Gasteiger partial charge in [0.05, 0.1) is 0 Å². The first kappa shape index (κ1) is 14.8. The van der Waals surface area contributed by atoms with Crippen molar-refractivity contribution < 1.29 is 4.79 Å². The minimum Gasteiger partial charge on any atom is -0.339 e. The first-order valence-corrected chi connectivity index (χ1v) is 7.83. The van der Waals surface area contributed by atoms with Gasteiger partial charge in [-0.15, -0.1) is 0 Å². The van der Waals surface area contributed by atoms with Crippen LogP contribution in [0, 0.1) is 19.8 Å². The number of pyridine rings is 1. The predicted octanol–water partition coefficient (Wildman–Crippen LogP) is 2.45. The molecule has 0 atom stereocenters. The minimum absolute atomic E-state index is 0.121. The van der Waals surface area contributed by atoms with Crippen molar-refractivity contribution in [3.05, 3.63) is 47.8 Å². The van der Waals surface area contributed by atoms with E-state index in [-0.39, 0.29) is 5.91 Å². The lowest BCUT2D eigenvalue weighted by molar-refractivity contribution is 0.0682. The van der Waals surface area contributed by atoms with E-state index >= 15 is 0 Å². The Morgan fingerprint density at radius 2 is 1.91 bits per heavy atom. The van der Waals surface area contributed by atoms with E-state index in [0.29, 0.717) is 5.92 Å². The van der Waals surface area contributed by atoms with Gasteiger partial charge < -0.3 is 9.47 Å². The summed E-state index contributed by atoms with van der Waals surface area (Å²) in [5.74, 6) is 1.82. The molecule has 1 aliphatic rings. The van der Waals surface area contributed by atoms with Crippen LogP contribution in [0.1, 0.15) is 34.7 Å². The lowest BCUT2D eigenvalue weighted by atomic mass is 9.96. The molecule has 0 saturated carbocycles. The maximum absolute atomic E-state index is 12.4. The molecule has 3 rings (SSSR count). The van der Waals surface area contributed by atoms with Crippen molar-refractivity contribution in [1.82, 2.24) is 19.4 Å². The molecule has 2 aromatic rings. The third kappa shape index (κ3) is 3.03. The van der Waals surface area contributed by atoms with Gasteiger partial charge in [-0.05, 0) is 44.7 Å². The highest BCUT2D eigenvalue weighted by atomic mass is 16.2. The summed E-state index contributed by atoms with van der Waals surface area (Å²) in [6, 6.07) is 3.57. The first-order valence-electron chi connectivity index (χ1n) is 7.83. The number of carbonyl (C=O) groups excluding carboxylic acids is 1. The topological polar surface area (TPSA) is 51.0 Å². The van der Waals surface area contributed by atoms with Gasteiger partial charge >= 0.3 is 0 Å². The van der Waals surface area contributed by atoms with Gasteiger partial charge in [0.2, 0.25) is 0 Å². The maximum atomic E-state index is 12.4. The predicted molar refractivity (Wildman–Crippen MR) is 84.6 cm³/mol. The standard InChI is InChI=1S/C17H22N4O/c1-13-11-19-14(2)21(13)12-15-5-9-20(10-6-15)17(22)16-3-7-18-8-4-16/h3-4,7-8,11,15H,5-6,9-10,12H2,1-2H3. The molecule has 3 heterocycles. The van der Waals surface area contributed by atoms with Crippen molar-refractivity contribution >= 4 is 5.91 Å². The van der Waals surface area contributed by atoms with Crippen LogP contribution in [0.5, 0.6) is 0 Å². The summed E-state index contributed by atoms with van der Waals surface area (Å²) in [4.78, 5) is 22.7. The minimum atomic E-state index is 0.121. The van der Waals surface area contributed by atoms with Gasteiger partial charge in [-0.2, -0.15) is 0 Å². The number of hydrogen-bond donors (Lipinski definition) is 0. The normalized spacial score (nSPS) is 16.0. The zero-order valence-electron chi connectivity index (χ0n) is 13.2. The molecule has 1 aliphatic heterocycles. The molecule has 22 heavy (non-hydrogen) atoms. The Morgan fingerprint density at radius 3 is 2.50 bits per heavy atom. The van der Waals surface area contributed by atoms with Crippen molar-refractivity contribution in [1.29, 1.82) is 0 Å². The molecule has 1 amide bonds. The summed E-state index contributed by atoms with van der Waals surface area (Å²) in [5.41, 5.74) is 1.95. The number of amides is 1. The second-order valence-corrected chi connectivity index (χ2v) is 6.03. The van der Waals surface area contributed by atoms with Crippen LogP contribution in [-0.2, 0) is 6.54 Å². The number of aryl methyl sites for hydroxylation is 2. The number of nitrogens with zero attached hydrogens (tertiary/aromatic N) is 4. The van der Waals surface area contributed by atoms with E-state index in [4.69, 9.17) is 0 Å². The van der Waals surface area contributed by atoms with E-state index < -0.39 is 0 Å². The molecule has 0 unspecified atom stereocenters. The van der Waals surface area contributed by atoms with Crippen molar-refractivity contribution in [2.75, 3.05) is 13.1 Å². The average Bonchev–Trinajstić information content (AvgIpc) is 2.88. The number of hydrogen-bond acceptors (Lipinski definition) is 3. The maximum Gasteiger partial charge on any atom is 0.253 e. The SMILES string of the molecule is Cc1cnc(C)n1CC1CCN(C(=O)c2ccncc2)CC1. The van der Waals surface area contributed by atoms with Crippen molar-refractivity contribution in [2.24, 2.45) is 5.92 Å². The fraction of sp³-hybridized carbons (Fsp3) is 0.471. The van der Waals surface area contributed by atoms with Crippen LogP contribution in [0.15, 0.2) is 30.7 Å². The van der Waals surface area contributed by atoms with Crippen LogP contribution in [0.3, 0.4) is 0 Å². The molecular formula is C17H22N4O. The summed E-state index contributed by atoms with van der Waals surface area (Å²) in [6.07, 6.45) is 7.37. The molecule has 0 aromatic carbocycles. The van der Waals surface area contributed by atoms with Crippen LogP contribution in [0.2, 0.25) is 0 Å². The Morgan fingerprint density at radius 1 is 1.23 bits per heavy atom. The molecule has 116 valence electrons. The highest BCUT2D eigenvalue weighted by molar-refractivity contribution is 5.94. The Hall–Kier alpha value is -2.17. The molecule has 0 radical (unpaired) electrons. The number of aromatic nitrogens is 3. The van der Waals surface area contributed by atoms with E-state index in [1.165, 1.54) is 5.69 Å². The monoisotopic (exact) mass is 298 g/mol. The van der Waals surface area contributed by atoms with Crippen molar-refractivity contribution in [2.45, 2.75) is 33.2 Å². The number of carbonyl (C=O) groups is 1. The molecular weight excluding hydrogens is 276 g/mol. The van der Waals surface area contributed by atoms with Crippen LogP contribution < -0.4 is 0 Å². The number of imidazole rings is 1. The van der Waals surface area contributed by atoms with Crippen LogP contribution in [0.25, 0.3) is 0 Å². The molecule has 5 nitrogen and oxygen atoms in total. The van der Waals surface area contributed by atoms with Crippen molar-refractivity contribution in [3.63, 3.8) is 0 Å². The second-order valence-electron chi connectivity index (χ2n) is 6.03. The largest absolute Gasteiger partial charge is 0.339 e. The zero-order valence-corrected chi connectivity index (χ0v) is 13.2. The average molecular weight is 298 g/mol. The summed E-state index contributed by atoms with van der Waals surface area (Å²) in [6.45, 7) is 6.82. The van der Waals surface area contributed by atoms with Crippen LogP contribution >= 0.6 is 0 Å². The molecule has 5 heteroatoms. The van der Waals surface area contributed by atoms with Gasteiger partial charge in [-0.25, -0.2) is 4.98 Å². The summed E-state index contributed by atoms with van der Waals surface area (Å²) in [7, 11) is 0. The van der Waals surface area contributed by atoms with Gasteiger partial charge in [-0.3, -0.25) is 9.78 Å². The Labute approximate surface area is 131 Å². The third-order valence-electron chi connectivity index (χ3n) is 4.52. The van der Waals surface area contributed by atoms with Gasteiger partial charge in [0.15, 0.2) is 0 Å². The Bertz CT molecular complexity index is 622. The molecule has 1 fully saturated rings. The van der Waals surface area contributed by atoms with E-state index in [1.54, 1.807) is 24.5 Å². The highest BCUT2D eigenvalue weighted by Crippen LogP contribution is 2.22. The van der Waals surface area contributed by atoms with Gasteiger partial charge in [-0.1, -0.05) is 0 Å². The smallest absolute Gasteiger partial charge is 0.253 e. The molecule has 0 aliphatic carbocycles. The van der Waals surface area contributed by atoms with E-state index in [2.05, 4.69) is 28.4 Å². The fourth-order valence-electron chi connectivity index (χ4n) is 3.11. The van der Waals surface area contributed by atoms with Crippen molar-refractivity contribution in [3.8, 4) is 0 Å². The van der Waals surface area contributed by atoms with Crippen LogP contribution in [-0.4, -0.2) is 38.4 Å². The third-order valence-corrected chi connectivity index (χ3v) is 4.52. The molecule has 2 aromatic heterocycles. The molecule has 0 N–H and O–H groups in total. The lowest BCUT2D eigenvalue weighted by Crippen LogP contribution is -2.39. The highest BCUT2D eigenvalue weighted by Gasteiger charge is 2.24. The number of piperidine rings is 1. The molecule has 0 bridgehead atoms. The zero-order chi connectivity index (χ0) is 15.5. The number of rotatable bonds is 3. The van der Waals surface area contributed by atoms with Crippen LogP contribution in [0.4, 0.5) is 0 Å². The van der Waals surface area contributed by atoms with E-state index in [0.717, 1.165) is 43.9 Å². The van der Waals surface area contributed by atoms with Gasteiger partial charge in [0, 0.05) is 49.5 Å². The molecule has 1 saturated heterocycles. The number of likely N-dealkylation sites (tertiary alicyclic amines) is 1. The Kier molecular flexibility index (Phi) is 4.22. The summed E-state index contributed by atoms with van der Waals surface area (Å²) >= 11 is 0. The fourth-order valence-corrected chi connectivity index (χ4v) is 3.11. The van der Waals surface area contributed by atoms with E-state index in [9.17, 15) is 4.79 Å². The summed E-state index contributed by atoms with van der Waals surface area (Å²) < 4.78 is 2.28. The van der Waals surface area contributed by atoms with E-state index in [1.807, 2.05) is 11.1 Å². The van der Waals surface area contributed by atoms with Gasteiger partial charge in [0.25, 0.3) is 5.91 Å². The lowest BCUT2D eigenvalue weighted by Gasteiger charge is -2.32. The quantitative estimate of drug-likeness (QED) is 0.874. The Balaban J connectivity index is 1.58. The first-order chi connectivity index (χ1) is 10.6. The molecule has 0 spiro atoms. The van der Waals surface area contributed by atoms with Gasteiger partial charge in [0.1, 0.15) is 5.82 Å².